The quantitative estimate of drug-likeness (QED) is 0.582. The number of carbonyl (C=O) groups is 1. The summed E-state index contributed by atoms with van der Waals surface area (Å²) in [7, 11) is 1.60. The molecule has 2 aromatic carbocycles. The molecule has 1 atom stereocenters. The molecule has 0 aromatic heterocycles. The number of rotatable bonds is 4. The zero-order valence-electron chi connectivity index (χ0n) is 14.4. The molecule has 0 saturated heterocycles. The fourth-order valence-electron chi connectivity index (χ4n) is 2.98. The third kappa shape index (κ3) is 4.17. The van der Waals surface area contributed by atoms with Crippen LogP contribution in [0.15, 0.2) is 47.5 Å². The summed E-state index contributed by atoms with van der Waals surface area (Å²) >= 11 is 0. The van der Waals surface area contributed by atoms with Gasteiger partial charge >= 0.3 is 0 Å². The standard InChI is InChI=1S/C19H20F2N4O/c1-22-19(24-11-13-8-14(20)6-7-16(13)21)23-10-12-9-18(26)25-17-5-3-2-4-15(12)17/h2-8,12H,9-11H2,1H3,(H,25,26)(H2,22,23,24). The molecular formula is C19H20F2N4O. The van der Waals surface area contributed by atoms with E-state index in [4.69, 9.17) is 0 Å². The third-order valence-electron chi connectivity index (χ3n) is 4.30. The molecule has 0 aliphatic carbocycles. The van der Waals surface area contributed by atoms with Crippen molar-refractivity contribution in [2.45, 2.75) is 18.9 Å². The number of hydrogen-bond donors (Lipinski definition) is 3. The summed E-state index contributed by atoms with van der Waals surface area (Å²) < 4.78 is 26.9. The number of amides is 1. The molecule has 3 rings (SSSR count). The topological polar surface area (TPSA) is 65.5 Å². The maximum atomic E-state index is 13.7. The molecule has 0 saturated carbocycles. The highest BCUT2D eigenvalue weighted by atomic mass is 19.1. The Balaban J connectivity index is 1.61. The van der Waals surface area contributed by atoms with Crippen LogP contribution in [0.3, 0.4) is 0 Å². The molecule has 7 heteroatoms. The van der Waals surface area contributed by atoms with Gasteiger partial charge in [-0.3, -0.25) is 9.79 Å². The van der Waals surface area contributed by atoms with Crippen LogP contribution in [0.1, 0.15) is 23.5 Å². The molecule has 136 valence electrons. The maximum absolute atomic E-state index is 13.7. The van der Waals surface area contributed by atoms with Gasteiger partial charge in [-0.05, 0) is 29.8 Å². The normalized spacial score (nSPS) is 16.7. The summed E-state index contributed by atoms with van der Waals surface area (Å²) in [5.74, 6) is -0.537. The Morgan fingerprint density at radius 1 is 1.23 bits per heavy atom. The zero-order chi connectivity index (χ0) is 18.5. The predicted molar refractivity (Wildman–Crippen MR) is 97.0 cm³/mol. The van der Waals surface area contributed by atoms with Crippen LogP contribution in [0.5, 0.6) is 0 Å². The van der Waals surface area contributed by atoms with Crippen molar-refractivity contribution >= 4 is 17.6 Å². The minimum Gasteiger partial charge on any atom is -0.356 e. The smallest absolute Gasteiger partial charge is 0.225 e. The van der Waals surface area contributed by atoms with Crippen molar-refractivity contribution < 1.29 is 13.6 Å². The second-order valence-corrected chi connectivity index (χ2v) is 6.08. The van der Waals surface area contributed by atoms with Gasteiger partial charge in [-0.1, -0.05) is 18.2 Å². The summed E-state index contributed by atoms with van der Waals surface area (Å²) in [6, 6.07) is 11.0. The van der Waals surface area contributed by atoms with E-state index in [0.29, 0.717) is 18.9 Å². The molecule has 1 unspecified atom stereocenters. The van der Waals surface area contributed by atoms with E-state index in [2.05, 4.69) is 20.9 Å². The van der Waals surface area contributed by atoms with Gasteiger partial charge in [0.05, 0.1) is 0 Å². The highest BCUT2D eigenvalue weighted by Gasteiger charge is 2.24. The number of halogens is 2. The second-order valence-electron chi connectivity index (χ2n) is 6.08. The Hall–Kier alpha value is -2.96. The molecule has 26 heavy (non-hydrogen) atoms. The number of guanidine groups is 1. The van der Waals surface area contributed by atoms with E-state index < -0.39 is 11.6 Å². The van der Waals surface area contributed by atoms with Crippen LogP contribution in [0.2, 0.25) is 0 Å². The number of fused-ring (bicyclic) bond motifs is 1. The number of nitrogens with one attached hydrogen (secondary N) is 3. The lowest BCUT2D eigenvalue weighted by atomic mass is 9.90. The first-order chi connectivity index (χ1) is 12.6. The number of nitrogens with zero attached hydrogens (tertiary/aromatic N) is 1. The van der Waals surface area contributed by atoms with Gasteiger partial charge < -0.3 is 16.0 Å². The van der Waals surface area contributed by atoms with Gasteiger partial charge in [0, 0.05) is 43.7 Å². The molecule has 1 aliphatic rings. The van der Waals surface area contributed by atoms with Crippen molar-refractivity contribution in [2.75, 3.05) is 18.9 Å². The first kappa shape index (κ1) is 17.8. The van der Waals surface area contributed by atoms with Crippen molar-refractivity contribution in [1.29, 1.82) is 0 Å². The SMILES string of the molecule is CN=C(NCc1cc(F)ccc1F)NCC1CC(=O)Nc2ccccc21. The van der Waals surface area contributed by atoms with Crippen LogP contribution in [0, 0.1) is 11.6 Å². The summed E-state index contributed by atoms with van der Waals surface area (Å²) in [5.41, 5.74) is 2.10. The Kier molecular flexibility index (Phi) is 5.46. The molecule has 3 N–H and O–H groups in total. The van der Waals surface area contributed by atoms with E-state index in [1.165, 1.54) is 0 Å². The van der Waals surface area contributed by atoms with Crippen molar-refractivity contribution in [3.05, 3.63) is 65.2 Å². The monoisotopic (exact) mass is 358 g/mol. The average Bonchev–Trinajstić information content (AvgIpc) is 2.64. The first-order valence-corrected chi connectivity index (χ1v) is 8.34. The molecule has 1 amide bonds. The maximum Gasteiger partial charge on any atom is 0.225 e. The molecule has 1 aliphatic heterocycles. The number of para-hydroxylation sites is 1. The van der Waals surface area contributed by atoms with Gasteiger partial charge in [0.25, 0.3) is 0 Å². The number of benzene rings is 2. The molecule has 5 nitrogen and oxygen atoms in total. The predicted octanol–water partition coefficient (Wildman–Crippen LogP) is 2.76. The number of aliphatic imine (C=N–C) groups is 1. The van der Waals surface area contributed by atoms with Crippen LogP contribution in [-0.4, -0.2) is 25.5 Å². The van der Waals surface area contributed by atoms with E-state index in [0.717, 1.165) is 29.4 Å². The van der Waals surface area contributed by atoms with E-state index in [9.17, 15) is 13.6 Å². The fraction of sp³-hybridized carbons (Fsp3) is 0.263. The lowest BCUT2D eigenvalue weighted by molar-refractivity contribution is -0.116. The minimum atomic E-state index is -0.490. The summed E-state index contributed by atoms with van der Waals surface area (Å²) in [4.78, 5) is 16.0. The highest BCUT2D eigenvalue weighted by Crippen LogP contribution is 2.31. The van der Waals surface area contributed by atoms with Crippen molar-refractivity contribution in [2.24, 2.45) is 4.99 Å². The average molecular weight is 358 g/mol. The molecule has 0 spiro atoms. The molecule has 0 fully saturated rings. The van der Waals surface area contributed by atoms with Gasteiger partial charge in [-0.15, -0.1) is 0 Å². The van der Waals surface area contributed by atoms with Gasteiger partial charge in [-0.2, -0.15) is 0 Å². The van der Waals surface area contributed by atoms with Gasteiger partial charge in [-0.25, -0.2) is 8.78 Å². The molecule has 0 bridgehead atoms. The summed E-state index contributed by atoms with van der Waals surface area (Å²) in [6.07, 6.45) is 0.375. The molecular weight excluding hydrogens is 338 g/mol. The summed E-state index contributed by atoms with van der Waals surface area (Å²) in [5, 5.41) is 8.97. The Bertz CT molecular complexity index is 838. The number of anilines is 1. The molecule has 2 aromatic rings. The molecule has 0 radical (unpaired) electrons. The van der Waals surface area contributed by atoms with Crippen LogP contribution < -0.4 is 16.0 Å². The Labute approximate surface area is 150 Å². The van der Waals surface area contributed by atoms with Crippen molar-refractivity contribution in [1.82, 2.24) is 10.6 Å². The van der Waals surface area contributed by atoms with Crippen LogP contribution in [-0.2, 0) is 11.3 Å². The van der Waals surface area contributed by atoms with Crippen LogP contribution >= 0.6 is 0 Å². The number of hydrogen-bond acceptors (Lipinski definition) is 2. The summed E-state index contributed by atoms with van der Waals surface area (Å²) in [6.45, 7) is 0.598. The lowest BCUT2D eigenvalue weighted by Crippen LogP contribution is -2.40. The van der Waals surface area contributed by atoms with E-state index >= 15 is 0 Å². The third-order valence-corrected chi connectivity index (χ3v) is 4.30. The van der Waals surface area contributed by atoms with E-state index in [-0.39, 0.29) is 23.9 Å². The van der Waals surface area contributed by atoms with E-state index in [1.807, 2.05) is 24.3 Å². The second kappa shape index (κ2) is 7.95. The van der Waals surface area contributed by atoms with Gasteiger partial charge in [0.1, 0.15) is 11.6 Å². The van der Waals surface area contributed by atoms with Crippen LogP contribution in [0.4, 0.5) is 14.5 Å². The molecule has 1 heterocycles. The Morgan fingerprint density at radius 2 is 2.04 bits per heavy atom. The van der Waals surface area contributed by atoms with Gasteiger partial charge in [0.15, 0.2) is 5.96 Å². The first-order valence-electron chi connectivity index (χ1n) is 8.34. The zero-order valence-corrected chi connectivity index (χ0v) is 14.4. The Morgan fingerprint density at radius 3 is 2.85 bits per heavy atom. The van der Waals surface area contributed by atoms with Crippen LogP contribution in [0.25, 0.3) is 0 Å². The highest BCUT2D eigenvalue weighted by molar-refractivity contribution is 5.94. The fourth-order valence-corrected chi connectivity index (χ4v) is 2.98. The van der Waals surface area contributed by atoms with E-state index in [1.54, 1.807) is 7.05 Å². The minimum absolute atomic E-state index is 0.00408. The van der Waals surface area contributed by atoms with Gasteiger partial charge in [0.2, 0.25) is 5.91 Å². The van der Waals surface area contributed by atoms with Crippen molar-refractivity contribution in [3.63, 3.8) is 0 Å². The number of carbonyl (C=O) groups excluding carboxylic acids is 1. The lowest BCUT2D eigenvalue weighted by Gasteiger charge is -2.26. The largest absolute Gasteiger partial charge is 0.356 e. The van der Waals surface area contributed by atoms with Crippen molar-refractivity contribution in [3.8, 4) is 0 Å².